The monoisotopic (exact) mass is 213 g/mol. The summed E-state index contributed by atoms with van der Waals surface area (Å²) in [7, 11) is 0. The average molecular weight is 213 g/mol. The molecule has 1 rings (SSSR count). The number of hydrogen-bond acceptors (Lipinski definition) is 3. The van der Waals surface area contributed by atoms with Crippen molar-refractivity contribution >= 4 is 6.09 Å². The van der Waals surface area contributed by atoms with E-state index in [4.69, 9.17) is 9.84 Å². The molecule has 1 amide bonds. The van der Waals surface area contributed by atoms with Gasteiger partial charge in [-0.2, -0.15) is 0 Å². The third-order valence-corrected chi connectivity index (χ3v) is 2.08. The molecule has 1 heterocycles. The number of rotatable bonds is 2. The standard InChI is InChI=1S/C11H19NO3/c1-11(2,3)15-10(14)12-6-4-9(8-12)5-7-13/h4,13H,5-8H2,1-3H3. The SMILES string of the molecule is CC(C)(C)OC(=O)N1CC=C(CCO)C1. The fraction of sp³-hybridized carbons (Fsp3) is 0.727. The molecule has 0 fully saturated rings. The van der Waals surface area contributed by atoms with E-state index in [2.05, 4.69) is 0 Å². The van der Waals surface area contributed by atoms with E-state index in [0.717, 1.165) is 5.57 Å². The highest BCUT2D eigenvalue weighted by atomic mass is 16.6. The highest BCUT2D eigenvalue weighted by Gasteiger charge is 2.24. The number of carbonyl (C=O) groups is 1. The van der Waals surface area contributed by atoms with Gasteiger partial charge in [0.25, 0.3) is 0 Å². The Balaban J connectivity index is 2.40. The van der Waals surface area contributed by atoms with Crippen molar-refractivity contribution in [1.82, 2.24) is 4.90 Å². The van der Waals surface area contributed by atoms with Crippen LogP contribution in [-0.2, 0) is 4.74 Å². The number of hydrogen-bond donors (Lipinski definition) is 1. The Kier molecular flexibility index (Phi) is 3.74. The predicted octanol–water partition coefficient (Wildman–Crippen LogP) is 1.55. The highest BCUT2D eigenvalue weighted by Crippen LogP contribution is 2.16. The zero-order valence-electron chi connectivity index (χ0n) is 9.62. The number of nitrogens with zero attached hydrogens (tertiary/aromatic N) is 1. The molecule has 0 bridgehead atoms. The second kappa shape index (κ2) is 4.66. The second-order valence-electron chi connectivity index (χ2n) is 4.70. The van der Waals surface area contributed by atoms with Crippen molar-refractivity contribution in [3.05, 3.63) is 11.6 Å². The van der Waals surface area contributed by atoms with E-state index in [9.17, 15) is 4.79 Å². The lowest BCUT2D eigenvalue weighted by Gasteiger charge is -2.24. The Morgan fingerprint density at radius 3 is 2.80 bits per heavy atom. The molecule has 0 saturated carbocycles. The second-order valence-corrected chi connectivity index (χ2v) is 4.70. The fourth-order valence-electron chi connectivity index (χ4n) is 1.40. The first-order chi connectivity index (χ1) is 6.92. The van der Waals surface area contributed by atoms with Crippen LogP contribution in [0.15, 0.2) is 11.6 Å². The van der Waals surface area contributed by atoms with Crippen LogP contribution in [0.3, 0.4) is 0 Å². The van der Waals surface area contributed by atoms with Gasteiger partial charge in [0, 0.05) is 19.7 Å². The number of amides is 1. The van der Waals surface area contributed by atoms with Crippen molar-refractivity contribution in [2.24, 2.45) is 0 Å². The summed E-state index contributed by atoms with van der Waals surface area (Å²) in [5, 5.41) is 8.76. The van der Waals surface area contributed by atoms with Gasteiger partial charge >= 0.3 is 6.09 Å². The van der Waals surface area contributed by atoms with E-state index in [1.165, 1.54) is 0 Å². The normalized spacial score (nSPS) is 16.5. The third-order valence-electron chi connectivity index (χ3n) is 2.08. The average Bonchev–Trinajstić information content (AvgIpc) is 2.50. The van der Waals surface area contributed by atoms with Crippen LogP contribution in [0.4, 0.5) is 4.79 Å². The number of carbonyl (C=O) groups excluding carboxylic acids is 1. The van der Waals surface area contributed by atoms with E-state index < -0.39 is 5.60 Å². The third kappa shape index (κ3) is 3.91. The molecule has 0 aromatic carbocycles. The Morgan fingerprint density at radius 1 is 1.60 bits per heavy atom. The predicted molar refractivity (Wildman–Crippen MR) is 57.6 cm³/mol. The Hall–Kier alpha value is -1.03. The summed E-state index contributed by atoms with van der Waals surface area (Å²) in [4.78, 5) is 13.3. The van der Waals surface area contributed by atoms with Crippen LogP contribution in [0.5, 0.6) is 0 Å². The van der Waals surface area contributed by atoms with E-state index in [-0.39, 0.29) is 12.7 Å². The van der Waals surface area contributed by atoms with Crippen molar-refractivity contribution in [3.8, 4) is 0 Å². The summed E-state index contributed by atoms with van der Waals surface area (Å²) in [5.74, 6) is 0. The van der Waals surface area contributed by atoms with Crippen molar-refractivity contribution in [2.45, 2.75) is 32.8 Å². The summed E-state index contributed by atoms with van der Waals surface area (Å²) in [6.07, 6.45) is 2.33. The summed E-state index contributed by atoms with van der Waals surface area (Å²) >= 11 is 0. The van der Waals surface area contributed by atoms with Crippen LogP contribution >= 0.6 is 0 Å². The zero-order chi connectivity index (χ0) is 11.5. The van der Waals surface area contributed by atoms with Gasteiger partial charge in [-0.1, -0.05) is 11.6 Å². The Bertz CT molecular complexity index is 265. The van der Waals surface area contributed by atoms with Gasteiger partial charge in [-0.25, -0.2) is 4.79 Å². The van der Waals surface area contributed by atoms with Crippen LogP contribution in [0.2, 0.25) is 0 Å². The van der Waals surface area contributed by atoms with Crippen molar-refractivity contribution in [2.75, 3.05) is 19.7 Å². The van der Waals surface area contributed by atoms with Gasteiger partial charge in [-0.05, 0) is 27.2 Å². The molecule has 4 heteroatoms. The van der Waals surface area contributed by atoms with Gasteiger partial charge in [0.05, 0.1) is 0 Å². The quantitative estimate of drug-likeness (QED) is 0.708. The topological polar surface area (TPSA) is 49.8 Å². The van der Waals surface area contributed by atoms with Gasteiger partial charge in [-0.3, -0.25) is 0 Å². The maximum atomic E-state index is 11.6. The molecule has 0 spiro atoms. The molecule has 0 saturated heterocycles. The molecule has 1 aliphatic rings. The molecule has 0 aromatic heterocycles. The molecule has 1 aliphatic heterocycles. The van der Waals surface area contributed by atoms with Gasteiger partial charge in [0.1, 0.15) is 5.60 Å². The first kappa shape index (κ1) is 12.0. The molecule has 0 unspecified atom stereocenters. The van der Waals surface area contributed by atoms with E-state index in [0.29, 0.717) is 19.5 Å². The molecule has 0 radical (unpaired) electrons. The summed E-state index contributed by atoms with van der Waals surface area (Å²) < 4.78 is 5.24. The first-order valence-corrected chi connectivity index (χ1v) is 5.19. The summed E-state index contributed by atoms with van der Waals surface area (Å²) in [6, 6.07) is 0. The lowest BCUT2D eigenvalue weighted by Crippen LogP contribution is -2.35. The molecule has 0 atom stereocenters. The van der Waals surface area contributed by atoms with Crippen LogP contribution in [-0.4, -0.2) is 41.4 Å². The van der Waals surface area contributed by atoms with E-state index in [1.54, 1.807) is 4.90 Å². The van der Waals surface area contributed by atoms with Crippen molar-refractivity contribution in [3.63, 3.8) is 0 Å². The lowest BCUT2D eigenvalue weighted by molar-refractivity contribution is 0.0300. The maximum Gasteiger partial charge on any atom is 0.410 e. The molecule has 15 heavy (non-hydrogen) atoms. The lowest BCUT2D eigenvalue weighted by atomic mass is 10.2. The number of ether oxygens (including phenoxy) is 1. The highest BCUT2D eigenvalue weighted by molar-refractivity contribution is 5.69. The smallest absolute Gasteiger partial charge is 0.410 e. The minimum absolute atomic E-state index is 0.133. The van der Waals surface area contributed by atoms with Crippen molar-refractivity contribution < 1.29 is 14.6 Å². The van der Waals surface area contributed by atoms with Gasteiger partial charge in [0.2, 0.25) is 0 Å². The molecule has 0 aromatic rings. The maximum absolute atomic E-state index is 11.6. The fourth-order valence-corrected chi connectivity index (χ4v) is 1.40. The number of aliphatic hydroxyl groups is 1. The van der Waals surface area contributed by atoms with Gasteiger partial charge < -0.3 is 14.7 Å². The van der Waals surface area contributed by atoms with Crippen LogP contribution in [0.1, 0.15) is 27.2 Å². The number of aliphatic hydroxyl groups excluding tert-OH is 1. The Labute approximate surface area is 90.5 Å². The molecule has 4 nitrogen and oxygen atoms in total. The summed E-state index contributed by atoms with van der Waals surface area (Å²) in [6.45, 7) is 6.85. The van der Waals surface area contributed by atoms with E-state index in [1.807, 2.05) is 26.8 Å². The Morgan fingerprint density at radius 2 is 2.27 bits per heavy atom. The van der Waals surface area contributed by atoms with Crippen molar-refractivity contribution in [1.29, 1.82) is 0 Å². The molecule has 86 valence electrons. The molecule has 1 N–H and O–H groups in total. The van der Waals surface area contributed by atoms with Crippen LogP contribution in [0.25, 0.3) is 0 Å². The minimum Gasteiger partial charge on any atom is -0.444 e. The zero-order valence-corrected chi connectivity index (χ0v) is 9.62. The summed E-state index contributed by atoms with van der Waals surface area (Å²) in [5.41, 5.74) is 0.653. The van der Waals surface area contributed by atoms with Crippen LogP contribution in [0, 0.1) is 0 Å². The largest absolute Gasteiger partial charge is 0.444 e. The van der Waals surface area contributed by atoms with Crippen LogP contribution < -0.4 is 0 Å². The first-order valence-electron chi connectivity index (χ1n) is 5.19. The molecular weight excluding hydrogens is 194 g/mol. The minimum atomic E-state index is -0.448. The molecule has 0 aliphatic carbocycles. The molecular formula is C11H19NO3. The van der Waals surface area contributed by atoms with Gasteiger partial charge in [-0.15, -0.1) is 0 Å². The van der Waals surface area contributed by atoms with E-state index >= 15 is 0 Å². The van der Waals surface area contributed by atoms with Gasteiger partial charge in [0.15, 0.2) is 0 Å².